The van der Waals surface area contributed by atoms with Crippen molar-refractivity contribution in [2.24, 2.45) is 5.41 Å². The molecule has 3 aromatic heterocycles. The number of thioether (sulfide) groups is 4. The summed E-state index contributed by atoms with van der Waals surface area (Å²) in [5, 5.41) is 9.97. The van der Waals surface area contributed by atoms with Gasteiger partial charge in [0, 0.05) is 120 Å². The van der Waals surface area contributed by atoms with Crippen LogP contribution in [0.1, 0.15) is 0 Å². The van der Waals surface area contributed by atoms with Crippen molar-refractivity contribution in [3.8, 4) is 5.75 Å². The van der Waals surface area contributed by atoms with Gasteiger partial charge in [0.1, 0.15) is 5.75 Å². The van der Waals surface area contributed by atoms with Gasteiger partial charge in [-0.05, 0) is 66.0 Å². The van der Waals surface area contributed by atoms with E-state index in [1.54, 1.807) is 0 Å². The average molecular weight is 943 g/mol. The third-order valence-corrected chi connectivity index (χ3v) is 21.1. The van der Waals surface area contributed by atoms with E-state index < -0.39 is 5.97 Å². The molecule has 11 aromatic rings. The number of carbonyl (C=O) groups excluding carboxylic acids is 1. The summed E-state index contributed by atoms with van der Waals surface area (Å²) in [5.74, 6) is 3.87. The second-order valence-corrected chi connectivity index (χ2v) is 22.9. The van der Waals surface area contributed by atoms with E-state index in [2.05, 4.69) is 158 Å². The molecular weight excluding hydrogens is 905 g/mol. The highest BCUT2D eigenvalue weighted by Crippen LogP contribution is 2.49. The van der Waals surface area contributed by atoms with Crippen LogP contribution in [0.2, 0.25) is 0 Å². The number of rotatable bonds is 14. The molecule has 0 amide bonds. The number of carbonyl (C=O) groups is 1. The molecule has 0 unspecified atom stereocenters. The molecule has 9 heteroatoms. The lowest BCUT2D eigenvalue weighted by Gasteiger charge is -2.33. The summed E-state index contributed by atoms with van der Waals surface area (Å²) in [6.07, 6.45) is 1.21. The Labute approximate surface area is 394 Å². The molecule has 0 N–H and O–H groups in total. The standard InChI is InChI=1S/C54H38O2S7/c1-2-50(55)56-43-20-9-13-34-29-35(27-28-36(34)43)57-30-54(31-58-47-24-10-17-40-37-14-3-6-21-44(37)61-51(40)47,32-59-48-25-11-18-41-38-15-4-7-22-45(38)62-52(41)48)33-60-49-26-12-19-42-39-16-5-8-23-46(39)63-53(42)49/h2-29H,1,30-33H2. The molecule has 0 spiro atoms. The highest BCUT2D eigenvalue weighted by atomic mass is 32.2. The maximum atomic E-state index is 12.2. The molecular formula is C54H38O2S7. The molecule has 0 aliphatic rings. The molecule has 3 heterocycles. The fraction of sp³-hybridized carbons (Fsp3) is 0.0926. The summed E-state index contributed by atoms with van der Waals surface area (Å²) >= 11 is 13.7. The summed E-state index contributed by atoms with van der Waals surface area (Å²) in [6, 6.07) is 59.4. The minimum atomic E-state index is -0.456. The zero-order valence-corrected chi connectivity index (χ0v) is 39.6. The minimum Gasteiger partial charge on any atom is -0.423 e. The first-order valence-electron chi connectivity index (χ1n) is 20.6. The van der Waals surface area contributed by atoms with Crippen LogP contribution in [0.3, 0.4) is 0 Å². The van der Waals surface area contributed by atoms with Crippen LogP contribution in [0.5, 0.6) is 5.75 Å². The normalized spacial score (nSPS) is 12.1. The van der Waals surface area contributed by atoms with Crippen molar-refractivity contribution in [3.05, 3.63) is 176 Å². The van der Waals surface area contributed by atoms with Gasteiger partial charge in [0.2, 0.25) is 0 Å². The van der Waals surface area contributed by atoms with Crippen molar-refractivity contribution in [2.75, 3.05) is 23.0 Å². The Kier molecular flexibility index (Phi) is 11.5. The molecule has 11 rings (SSSR count). The fourth-order valence-electron chi connectivity index (χ4n) is 8.24. The summed E-state index contributed by atoms with van der Waals surface area (Å²) in [7, 11) is 0. The predicted molar refractivity (Wildman–Crippen MR) is 283 cm³/mol. The number of esters is 1. The Bertz CT molecular complexity index is 3240. The molecule has 0 atom stereocenters. The summed E-state index contributed by atoms with van der Waals surface area (Å²) < 4.78 is 13.8. The molecule has 0 saturated carbocycles. The molecule has 0 radical (unpaired) electrons. The largest absolute Gasteiger partial charge is 0.423 e. The molecule has 2 nitrogen and oxygen atoms in total. The first kappa shape index (κ1) is 41.0. The number of fused-ring (bicyclic) bond motifs is 10. The van der Waals surface area contributed by atoms with E-state index in [1.807, 2.05) is 93.2 Å². The van der Waals surface area contributed by atoms with Crippen LogP contribution >= 0.6 is 81.1 Å². The molecule has 0 aliphatic carbocycles. The minimum absolute atomic E-state index is 0.114. The molecule has 0 fully saturated rings. The van der Waals surface area contributed by atoms with E-state index in [0.717, 1.165) is 33.8 Å². The van der Waals surface area contributed by atoms with Gasteiger partial charge in [0.25, 0.3) is 0 Å². The van der Waals surface area contributed by atoms with Crippen LogP contribution < -0.4 is 4.74 Å². The van der Waals surface area contributed by atoms with E-state index in [-0.39, 0.29) is 5.41 Å². The third-order valence-electron chi connectivity index (χ3n) is 11.4. The van der Waals surface area contributed by atoms with Gasteiger partial charge in [0.15, 0.2) is 0 Å². The van der Waals surface area contributed by atoms with E-state index in [0.29, 0.717) is 5.75 Å². The number of benzene rings is 8. The molecule has 8 aromatic carbocycles. The lowest BCUT2D eigenvalue weighted by molar-refractivity contribution is -0.128. The molecule has 0 bridgehead atoms. The molecule has 0 saturated heterocycles. The maximum Gasteiger partial charge on any atom is 0.335 e. The Morgan fingerprint density at radius 1 is 0.476 bits per heavy atom. The van der Waals surface area contributed by atoms with E-state index >= 15 is 0 Å². The Morgan fingerprint density at radius 3 is 1.38 bits per heavy atom. The smallest absolute Gasteiger partial charge is 0.335 e. The maximum absolute atomic E-state index is 12.2. The third kappa shape index (κ3) is 8.07. The van der Waals surface area contributed by atoms with Gasteiger partial charge in [-0.15, -0.1) is 81.1 Å². The van der Waals surface area contributed by atoms with Crippen LogP contribution in [-0.2, 0) is 4.79 Å². The van der Waals surface area contributed by atoms with Gasteiger partial charge in [0.05, 0.1) is 0 Å². The van der Waals surface area contributed by atoms with Gasteiger partial charge in [-0.25, -0.2) is 4.79 Å². The SMILES string of the molecule is C=CC(=O)Oc1cccc2cc(SCC(CSc3cccc4c3sc3ccccc34)(CSc3cccc4c3sc3ccccc34)CSc3cccc4c3sc3ccccc34)ccc12. The quantitative estimate of drug-likeness (QED) is 0.0466. The summed E-state index contributed by atoms with van der Waals surface area (Å²) in [5.41, 5.74) is -0.114. The highest BCUT2D eigenvalue weighted by Gasteiger charge is 2.33. The first-order chi connectivity index (χ1) is 31.0. The van der Waals surface area contributed by atoms with Crippen LogP contribution in [0, 0.1) is 5.41 Å². The van der Waals surface area contributed by atoms with Crippen molar-refractivity contribution < 1.29 is 9.53 Å². The van der Waals surface area contributed by atoms with Crippen molar-refractivity contribution in [1.82, 2.24) is 0 Å². The van der Waals surface area contributed by atoms with Crippen LogP contribution in [0.4, 0.5) is 0 Å². The van der Waals surface area contributed by atoms with E-state index in [4.69, 9.17) is 4.74 Å². The topological polar surface area (TPSA) is 26.3 Å². The summed E-state index contributed by atoms with van der Waals surface area (Å²) in [6.45, 7) is 3.59. The van der Waals surface area contributed by atoms with Crippen molar-refractivity contribution >= 4 is 158 Å². The number of hydrogen-bond donors (Lipinski definition) is 0. The lowest BCUT2D eigenvalue weighted by Crippen LogP contribution is -2.33. The van der Waals surface area contributed by atoms with Gasteiger partial charge in [-0.1, -0.05) is 110 Å². The van der Waals surface area contributed by atoms with E-state index in [1.165, 1.54) is 86.2 Å². The fourth-order valence-corrected chi connectivity index (χ4v) is 18.0. The van der Waals surface area contributed by atoms with Crippen LogP contribution in [0.25, 0.3) is 71.3 Å². The Hall–Kier alpha value is -4.71. The monoisotopic (exact) mass is 942 g/mol. The zero-order valence-electron chi connectivity index (χ0n) is 33.9. The Morgan fingerprint density at radius 2 is 0.905 bits per heavy atom. The second kappa shape index (κ2) is 17.7. The van der Waals surface area contributed by atoms with Crippen molar-refractivity contribution in [3.63, 3.8) is 0 Å². The number of thiophene rings is 3. The molecule has 0 aliphatic heterocycles. The number of ether oxygens (including phenoxy) is 1. The first-order valence-corrected chi connectivity index (χ1v) is 27.0. The summed E-state index contributed by atoms with van der Waals surface area (Å²) in [4.78, 5) is 17.5. The average Bonchev–Trinajstić information content (AvgIpc) is 4.03. The van der Waals surface area contributed by atoms with Crippen LogP contribution in [-0.4, -0.2) is 29.0 Å². The van der Waals surface area contributed by atoms with E-state index in [9.17, 15) is 4.79 Å². The second-order valence-electron chi connectivity index (χ2n) is 15.6. The Balaban J connectivity index is 0.999. The van der Waals surface area contributed by atoms with Crippen molar-refractivity contribution in [2.45, 2.75) is 19.6 Å². The number of hydrogen-bond acceptors (Lipinski definition) is 9. The molecule has 63 heavy (non-hydrogen) atoms. The van der Waals surface area contributed by atoms with Gasteiger partial charge >= 0.3 is 5.97 Å². The molecule has 308 valence electrons. The zero-order chi connectivity index (χ0) is 42.3. The van der Waals surface area contributed by atoms with Crippen molar-refractivity contribution in [1.29, 1.82) is 0 Å². The highest BCUT2D eigenvalue weighted by molar-refractivity contribution is 8.02. The van der Waals surface area contributed by atoms with Crippen LogP contribution in [0.15, 0.2) is 196 Å². The predicted octanol–water partition coefficient (Wildman–Crippen LogP) is 17.5. The van der Waals surface area contributed by atoms with Gasteiger partial charge in [-0.2, -0.15) is 0 Å². The van der Waals surface area contributed by atoms with Gasteiger partial charge < -0.3 is 4.74 Å². The van der Waals surface area contributed by atoms with Gasteiger partial charge in [-0.3, -0.25) is 0 Å². The lowest BCUT2D eigenvalue weighted by atomic mass is 9.99.